The van der Waals surface area contributed by atoms with Crippen LogP contribution in [0.15, 0.2) is 54.6 Å². The molecule has 1 heterocycles. The van der Waals surface area contributed by atoms with Gasteiger partial charge in [0, 0.05) is 16.5 Å². The van der Waals surface area contributed by atoms with Crippen molar-refractivity contribution >= 4 is 35.1 Å². The lowest BCUT2D eigenvalue weighted by molar-refractivity contribution is 0.426. The highest BCUT2D eigenvalue weighted by Gasteiger charge is 2.11. The molecule has 6 heteroatoms. The van der Waals surface area contributed by atoms with Crippen LogP contribution < -0.4 is 10.2 Å². The summed E-state index contributed by atoms with van der Waals surface area (Å²) in [5.74, 6) is 1.05. The third-order valence-electron chi connectivity index (χ3n) is 3.00. The fourth-order valence-corrected chi connectivity index (χ4v) is 2.17. The first kappa shape index (κ1) is 13.9. The average molecular weight is 300 g/mol. The molecular formula is C15H11BClNO3. The molecule has 0 aliphatic carbocycles. The van der Waals surface area contributed by atoms with E-state index in [1.54, 1.807) is 48.5 Å². The normalized spacial score (nSPS) is 10.6. The lowest BCUT2D eigenvalue weighted by Gasteiger charge is -2.07. The Morgan fingerprint density at radius 1 is 1.00 bits per heavy atom. The number of aromatic nitrogens is 1. The Morgan fingerprint density at radius 3 is 2.62 bits per heavy atom. The van der Waals surface area contributed by atoms with Crippen molar-refractivity contribution in [3.05, 3.63) is 59.6 Å². The van der Waals surface area contributed by atoms with E-state index in [4.69, 9.17) is 26.4 Å². The van der Waals surface area contributed by atoms with Gasteiger partial charge in [0.1, 0.15) is 5.75 Å². The third kappa shape index (κ3) is 3.16. The molecule has 3 rings (SSSR count). The lowest BCUT2D eigenvalue weighted by atomic mass is 9.80. The van der Waals surface area contributed by atoms with Gasteiger partial charge >= 0.3 is 7.12 Å². The molecule has 0 amide bonds. The van der Waals surface area contributed by atoms with Crippen molar-refractivity contribution in [3.63, 3.8) is 0 Å². The van der Waals surface area contributed by atoms with Gasteiger partial charge in [-0.1, -0.05) is 29.8 Å². The molecule has 0 unspecified atom stereocenters. The highest BCUT2D eigenvalue weighted by molar-refractivity contribution is 6.58. The number of nitrogens with zero attached hydrogens (tertiary/aromatic N) is 1. The van der Waals surface area contributed by atoms with Crippen LogP contribution in [0.4, 0.5) is 0 Å². The first-order valence-corrected chi connectivity index (χ1v) is 6.70. The van der Waals surface area contributed by atoms with Crippen molar-refractivity contribution in [3.8, 4) is 11.6 Å². The molecule has 104 valence electrons. The van der Waals surface area contributed by atoms with Crippen molar-refractivity contribution in [2.24, 2.45) is 0 Å². The first-order valence-electron chi connectivity index (χ1n) is 6.32. The SMILES string of the molecule is OB(O)c1ccc2nc(Oc3cccc(Cl)c3)ccc2c1. The summed E-state index contributed by atoms with van der Waals surface area (Å²) in [5, 5.41) is 19.7. The molecule has 0 bridgehead atoms. The van der Waals surface area contributed by atoms with E-state index < -0.39 is 7.12 Å². The fourth-order valence-electron chi connectivity index (χ4n) is 1.99. The van der Waals surface area contributed by atoms with Crippen molar-refractivity contribution < 1.29 is 14.8 Å². The summed E-state index contributed by atoms with van der Waals surface area (Å²) in [5.41, 5.74) is 1.13. The van der Waals surface area contributed by atoms with Gasteiger partial charge in [-0.15, -0.1) is 0 Å². The van der Waals surface area contributed by atoms with Crippen LogP contribution >= 0.6 is 11.6 Å². The van der Waals surface area contributed by atoms with E-state index in [0.29, 0.717) is 27.6 Å². The molecule has 2 aromatic carbocycles. The van der Waals surface area contributed by atoms with Crippen molar-refractivity contribution in [1.82, 2.24) is 4.98 Å². The van der Waals surface area contributed by atoms with Crippen LogP contribution in [0.2, 0.25) is 5.02 Å². The molecule has 0 saturated heterocycles. The second kappa shape index (κ2) is 5.73. The molecule has 0 aliphatic heterocycles. The van der Waals surface area contributed by atoms with Crippen LogP contribution in [0.25, 0.3) is 10.9 Å². The molecule has 2 N–H and O–H groups in total. The molecule has 0 radical (unpaired) electrons. The summed E-state index contributed by atoms with van der Waals surface area (Å²) >= 11 is 5.91. The van der Waals surface area contributed by atoms with Crippen LogP contribution in [0.5, 0.6) is 11.6 Å². The zero-order chi connectivity index (χ0) is 14.8. The highest BCUT2D eigenvalue weighted by atomic mass is 35.5. The Hall–Kier alpha value is -2.08. The minimum atomic E-state index is -1.49. The van der Waals surface area contributed by atoms with Gasteiger partial charge < -0.3 is 14.8 Å². The molecule has 0 aliphatic rings. The van der Waals surface area contributed by atoms with E-state index >= 15 is 0 Å². The molecule has 0 atom stereocenters. The molecule has 0 spiro atoms. The fraction of sp³-hybridized carbons (Fsp3) is 0. The van der Waals surface area contributed by atoms with E-state index in [-0.39, 0.29) is 0 Å². The van der Waals surface area contributed by atoms with Crippen molar-refractivity contribution in [2.45, 2.75) is 0 Å². The minimum absolute atomic E-state index is 0.424. The van der Waals surface area contributed by atoms with Crippen LogP contribution in [-0.4, -0.2) is 22.2 Å². The highest BCUT2D eigenvalue weighted by Crippen LogP contribution is 2.24. The maximum Gasteiger partial charge on any atom is 0.488 e. The molecule has 0 fully saturated rings. The van der Waals surface area contributed by atoms with Crippen LogP contribution in [-0.2, 0) is 0 Å². The molecule has 21 heavy (non-hydrogen) atoms. The number of hydrogen-bond donors (Lipinski definition) is 2. The van der Waals surface area contributed by atoms with E-state index in [1.165, 1.54) is 0 Å². The van der Waals surface area contributed by atoms with Gasteiger partial charge in [0.15, 0.2) is 0 Å². The summed E-state index contributed by atoms with van der Waals surface area (Å²) in [6, 6.07) is 15.6. The number of halogens is 1. The summed E-state index contributed by atoms with van der Waals surface area (Å²) in [6.07, 6.45) is 0. The van der Waals surface area contributed by atoms with E-state index in [2.05, 4.69) is 4.98 Å². The van der Waals surface area contributed by atoms with Crippen molar-refractivity contribution in [1.29, 1.82) is 0 Å². The average Bonchev–Trinajstić information content (AvgIpc) is 2.46. The number of pyridine rings is 1. The van der Waals surface area contributed by atoms with Crippen LogP contribution in [0.3, 0.4) is 0 Å². The Kier molecular flexibility index (Phi) is 3.79. The van der Waals surface area contributed by atoms with Gasteiger partial charge in [-0.3, -0.25) is 0 Å². The summed E-state index contributed by atoms with van der Waals surface area (Å²) in [6.45, 7) is 0. The lowest BCUT2D eigenvalue weighted by Crippen LogP contribution is -2.29. The Morgan fingerprint density at radius 2 is 1.86 bits per heavy atom. The largest absolute Gasteiger partial charge is 0.488 e. The summed E-state index contributed by atoms with van der Waals surface area (Å²) < 4.78 is 5.65. The van der Waals surface area contributed by atoms with Crippen LogP contribution in [0.1, 0.15) is 0 Å². The first-order chi connectivity index (χ1) is 10.1. The van der Waals surface area contributed by atoms with Gasteiger partial charge in [0.25, 0.3) is 0 Å². The number of ether oxygens (including phenoxy) is 1. The van der Waals surface area contributed by atoms with Gasteiger partial charge in [0.05, 0.1) is 5.52 Å². The molecule has 3 aromatic rings. The zero-order valence-corrected chi connectivity index (χ0v) is 11.7. The standard InChI is InChI=1S/C15H11BClNO3/c17-12-2-1-3-13(9-12)21-15-7-4-10-8-11(16(19)20)5-6-14(10)18-15/h1-9,19-20H. The van der Waals surface area contributed by atoms with Gasteiger partial charge in [-0.2, -0.15) is 0 Å². The van der Waals surface area contributed by atoms with Gasteiger partial charge in [-0.05, 0) is 35.8 Å². The number of fused-ring (bicyclic) bond motifs is 1. The number of benzene rings is 2. The maximum absolute atomic E-state index is 9.16. The van der Waals surface area contributed by atoms with E-state index in [1.807, 2.05) is 6.07 Å². The third-order valence-corrected chi connectivity index (χ3v) is 3.24. The molecule has 1 aromatic heterocycles. The second-order valence-electron chi connectivity index (χ2n) is 4.53. The quantitative estimate of drug-likeness (QED) is 0.729. The van der Waals surface area contributed by atoms with E-state index in [0.717, 1.165) is 5.39 Å². The second-order valence-corrected chi connectivity index (χ2v) is 4.97. The Bertz CT molecular complexity index is 795. The van der Waals surface area contributed by atoms with Gasteiger partial charge in [-0.25, -0.2) is 4.98 Å². The number of rotatable bonds is 3. The van der Waals surface area contributed by atoms with E-state index in [9.17, 15) is 0 Å². The van der Waals surface area contributed by atoms with Gasteiger partial charge in [0.2, 0.25) is 5.88 Å². The minimum Gasteiger partial charge on any atom is -0.439 e. The predicted octanol–water partition coefficient (Wildman–Crippen LogP) is 2.36. The topological polar surface area (TPSA) is 62.6 Å². The molecule has 4 nitrogen and oxygen atoms in total. The summed E-state index contributed by atoms with van der Waals surface area (Å²) in [4.78, 5) is 4.37. The smallest absolute Gasteiger partial charge is 0.439 e. The zero-order valence-electron chi connectivity index (χ0n) is 10.9. The number of hydrogen-bond acceptors (Lipinski definition) is 4. The predicted molar refractivity (Wildman–Crippen MR) is 83.1 cm³/mol. The maximum atomic E-state index is 9.16. The Labute approximate surface area is 126 Å². The summed E-state index contributed by atoms with van der Waals surface area (Å²) in [7, 11) is -1.49. The monoisotopic (exact) mass is 299 g/mol. The molecular weight excluding hydrogens is 288 g/mol. The Balaban J connectivity index is 1.92. The van der Waals surface area contributed by atoms with Crippen molar-refractivity contribution in [2.75, 3.05) is 0 Å². The van der Waals surface area contributed by atoms with Crippen LogP contribution in [0, 0.1) is 0 Å². The molecule has 0 saturated carbocycles.